The Kier molecular flexibility index (Phi) is 6.72. The summed E-state index contributed by atoms with van der Waals surface area (Å²) in [7, 11) is 0. The minimum atomic E-state index is -0.234. The van der Waals surface area contributed by atoms with E-state index >= 15 is 0 Å². The van der Waals surface area contributed by atoms with E-state index in [0.29, 0.717) is 12.2 Å². The number of nitrogens with one attached hydrogen (secondary N) is 1. The van der Waals surface area contributed by atoms with Gasteiger partial charge in [0.15, 0.2) is 5.69 Å². The third kappa shape index (κ3) is 4.36. The minimum Gasteiger partial charge on any atom is -0.349 e. The molecule has 1 heterocycles. The van der Waals surface area contributed by atoms with E-state index in [0.717, 1.165) is 48.2 Å². The third-order valence-electron chi connectivity index (χ3n) is 5.44. The quantitative estimate of drug-likeness (QED) is 0.649. The highest BCUT2D eigenvalue weighted by Crippen LogP contribution is 2.28. The maximum atomic E-state index is 12.8. The van der Waals surface area contributed by atoms with Gasteiger partial charge in [-0.05, 0) is 48.9 Å². The summed E-state index contributed by atoms with van der Waals surface area (Å²) < 4.78 is 1.94. The van der Waals surface area contributed by atoms with Crippen LogP contribution < -0.4 is 11.1 Å². The molecule has 1 aliphatic carbocycles. The molecule has 1 unspecified atom stereocenters. The van der Waals surface area contributed by atoms with Crippen LogP contribution in [0, 0.1) is 0 Å². The molecule has 0 spiro atoms. The second-order valence-electron chi connectivity index (χ2n) is 7.29. The summed E-state index contributed by atoms with van der Waals surface area (Å²) in [5.74, 6) is -0.145. The van der Waals surface area contributed by atoms with Gasteiger partial charge in [0.2, 0.25) is 0 Å². The fraction of sp³-hybridized carbons (Fsp3) is 0.304. The highest BCUT2D eigenvalue weighted by Gasteiger charge is 2.27. The zero-order chi connectivity index (χ0) is 19.5. The molecule has 29 heavy (non-hydrogen) atoms. The van der Waals surface area contributed by atoms with Crippen LogP contribution in [0.25, 0.3) is 5.69 Å². The summed E-state index contributed by atoms with van der Waals surface area (Å²) >= 11 is 0. The van der Waals surface area contributed by atoms with Crippen molar-refractivity contribution < 1.29 is 4.79 Å². The summed E-state index contributed by atoms with van der Waals surface area (Å²) in [6.07, 6.45) is 3.92. The van der Waals surface area contributed by atoms with Gasteiger partial charge in [-0.3, -0.25) is 4.79 Å². The summed E-state index contributed by atoms with van der Waals surface area (Å²) in [4.78, 5) is 12.8. The van der Waals surface area contributed by atoms with Gasteiger partial charge in [0.05, 0.1) is 5.69 Å². The van der Waals surface area contributed by atoms with Crippen LogP contribution in [0.2, 0.25) is 0 Å². The Balaban J connectivity index is 0.00000240. The molecule has 0 saturated carbocycles. The van der Waals surface area contributed by atoms with E-state index in [4.69, 9.17) is 5.73 Å². The summed E-state index contributed by atoms with van der Waals surface area (Å²) in [5.41, 5.74) is 12.3. The van der Waals surface area contributed by atoms with Crippen LogP contribution in [0.1, 0.15) is 52.3 Å². The van der Waals surface area contributed by atoms with Crippen LogP contribution in [0.5, 0.6) is 0 Å². The second-order valence-corrected chi connectivity index (χ2v) is 7.29. The Morgan fingerprint density at radius 1 is 1.14 bits per heavy atom. The number of carbonyl (C=O) groups excluding carboxylic acids is 1. The minimum absolute atomic E-state index is 0. The van der Waals surface area contributed by atoms with Gasteiger partial charge in [-0.2, -0.15) is 5.10 Å². The molecule has 152 valence electrons. The van der Waals surface area contributed by atoms with Gasteiger partial charge in [-0.25, -0.2) is 4.68 Å². The molecule has 3 N–H and O–H groups in total. The maximum Gasteiger partial charge on any atom is 0.272 e. The lowest BCUT2D eigenvalue weighted by molar-refractivity contribution is 0.0945. The number of carbonyl (C=O) groups is 1. The number of benzene rings is 2. The molecule has 0 aliphatic heterocycles. The molecule has 0 fully saturated rings. The number of rotatable bonds is 6. The number of nitrogens with zero attached hydrogens (tertiary/aromatic N) is 2. The molecule has 1 aromatic heterocycles. The molecule has 4 rings (SSSR count). The van der Waals surface area contributed by atoms with Crippen LogP contribution in [-0.2, 0) is 19.3 Å². The molecule has 0 radical (unpaired) electrons. The van der Waals surface area contributed by atoms with Crippen molar-refractivity contribution in [3.63, 3.8) is 0 Å². The average molecular weight is 411 g/mol. The molecule has 3 aromatic rings. The first kappa shape index (κ1) is 21.1. The highest BCUT2D eigenvalue weighted by atomic mass is 35.5. The van der Waals surface area contributed by atoms with E-state index in [9.17, 15) is 4.79 Å². The second kappa shape index (κ2) is 9.25. The van der Waals surface area contributed by atoms with Crippen LogP contribution in [0.3, 0.4) is 0 Å². The van der Waals surface area contributed by atoms with Crippen molar-refractivity contribution in [2.24, 2.45) is 5.73 Å². The molecule has 1 atom stereocenters. The predicted octanol–water partition coefficient (Wildman–Crippen LogP) is 3.78. The smallest absolute Gasteiger partial charge is 0.272 e. The SMILES string of the molecule is CCc1ccc(-n2nc(C(=O)NCC(N)c3ccccc3)c3c2CCC3)cc1.Cl. The van der Waals surface area contributed by atoms with Crippen molar-refractivity contribution in [2.45, 2.75) is 38.6 Å². The molecule has 0 saturated heterocycles. The Labute approximate surface area is 177 Å². The van der Waals surface area contributed by atoms with Crippen molar-refractivity contribution in [3.8, 4) is 5.69 Å². The lowest BCUT2D eigenvalue weighted by Gasteiger charge is -2.12. The van der Waals surface area contributed by atoms with Crippen LogP contribution in [0.4, 0.5) is 0 Å². The van der Waals surface area contributed by atoms with Gasteiger partial charge in [-0.15, -0.1) is 12.4 Å². The number of fused-ring (bicyclic) bond motifs is 1. The lowest BCUT2D eigenvalue weighted by atomic mass is 10.1. The van der Waals surface area contributed by atoms with E-state index in [-0.39, 0.29) is 24.4 Å². The average Bonchev–Trinajstić information content (AvgIpc) is 3.35. The Morgan fingerprint density at radius 2 is 1.86 bits per heavy atom. The van der Waals surface area contributed by atoms with E-state index in [1.165, 1.54) is 5.56 Å². The summed E-state index contributed by atoms with van der Waals surface area (Å²) in [5, 5.41) is 7.64. The number of hydrogen-bond acceptors (Lipinski definition) is 3. The van der Waals surface area contributed by atoms with Crippen molar-refractivity contribution >= 4 is 18.3 Å². The number of nitrogens with two attached hydrogens (primary N) is 1. The van der Waals surface area contributed by atoms with Crippen molar-refractivity contribution in [2.75, 3.05) is 6.54 Å². The van der Waals surface area contributed by atoms with E-state index in [1.807, 2.05) is 35.0 Å². The number of aromatic nitrogens is 2. The van der Waals surface area contributed by atoms with Gasteiger partial charge in [0.1, 0.15) is 0 Å². The molecule has 0 bridgehead atoms. The molecule has 6 heteroatoms. The van der Waals surface area contributed by atoms with Gasteiger partial charge in [0.25, 0.3) is 5.91 Å². The number of hydrogen-bond donors (Lipinski definition) is 2. The van der Waals surface area contributed by atoms with Crippen molar-refractivity contribution in [1.29, 1.82) is 0 Å². The van der Waals surface area contributed by atoms with Crippen molar-refractivity contribution in [3.05, 3.63) is 82.7 Å². The fourth-order valence-corrected chi connectivity index (χ4v) is 3.81. The molecular weight excluding hydrogens is 384 g/mol. The molecule has 5 nitrogen and oxygen atoms in total. The van der Waals surface area contributed by atoms with E-state index < -0.39 is 0 Å². The number of halogens is 1. The number of aryl methyl sites for hydroxylation is 1. The fourth-order valence-electron chi connectivity index (χ4n) is 3.81. The number of amides is 1. The molecular formula is C23H27ClN4O. The Morgan fingerprint density at radius 3 is 2.55 bits per heavy atom. The zero-order valence-electron chi connectivity index (χ0n) is 16.6. The predicted molar refractivity (Wildman–Crippen MR) is 118 cm³/mol. The topological polar surface area (TPSA) is 72.9 Å². The van der Waals surface area contributed by atoms with Crippen LogP contribution >= 0.6 is 12.4 Å². The van der Waals surface area contributed by atoms with Gasteiger partial charge < -0.3 is 11.1 Å². The van der Waals surface area contributed by atoms with Gasteiger partial charge in [-0.1, -0.05) is 49.4 Å². The molecule has 1 amide bonds. The van der Waals surface area contributed by atoms with Gasteiger partial charge >= 0.3 is 0 Å². The van der Waals surface area contributed by atoms with Gasteiger partial charge in [0, 0.05) is 23.8 Å². The Hall–Kier alpha value is -2.63. The third-order valence-corrected chi connectivity index (χ3v) is 5.44. The molecule has 1 aliphatic rings. The molecule has 2 aromatic carbocycles. The van der Waals surface area contributed by atoms with E-state index in [1.54, 1.807) is 0 Å². The van der Waals surface area contributed by atoms with Crippen LogP contribution in [-0.4, -0.2) is 22.2 Å². The monoisotopic (exact) mass is 410 g/mol. The van der Waals surface area contributed by atoms with Crippen LogP contribution in [0.15, 0.2) is 54.6 Å². The summed E-state index contributed by atoms with van der Waals surface area (Å²) in [6.45, 7) is 2.53. The lowest BCUT2D eigenvalue weighted by Crippen LogP contribution is -2.32. The largest absolute Gasteiger partial charge is 0.349 e. The first-order chi connectivity index (χ1) is 13.7. The highest BCUT2D eigenvalue weighted by molar-refractivity contribution is 5.94. The van der Waals surface area contributed by atoms with Crippen molar-refractivity contribution in [1.82, 2.24) is 15.1 Å². The zero-order valence-corrected chi connectivity index (χ0v) is 17.4. The first-order valence-electron chi connectivity index (χ1n) is 9.96. The summed E-state index contributed by atoms with van der Waals surface area (Å²) in [6, 6.07) is 18.0. The first-order valence-corrected chi connectivity index (χ1v) is 9.96. The van der Waals surface area contributed by atoms with E-state index in [2.05, 4.69) is 41.6 Å². The normalized spacial score (nSPS) is 13.4. The standard InChI is InChI=1S/C23H26N4O.ClH/c1-2-16-11-13-18(14-12-16)27-21-10-6-9-19(21)22(26-27)23(28)25-15-20(24)17-7-4-3-5-8-17;/h3-5,7-8,11-14,20H,2,6,9-10,15,24H2,1H3,(H,25,28);1H. The Bertz CT molecular complexity index is 967. The maximum absolute atomic E-state index is 12.8.